The molecule has 0 bridgehead atoms. The van der Waals surface area contributed by atoms with E-state index in [-0.39, 0.29) is 11.7 Å². The molecule has 6 nitrogen and oxygen atoms in total. The van der Waals surface area contributed by atoms with Gasteiger partial charge in [-0.15, -0.1) is 0 Å². The summed E-state index contributed by atoms with van der Waals surface area (Å²) in [6.07, 6.45) is 1.47. The standard InChI is InChI=1S/C13H15NO5S/c1-18-11-4-3-9(7-12(11)19-2)13(15)14-10-5-6-20(16,17)8-10/h3-7,10H,8H2,1-2H3,(H,14,15). The molecule has 0 saturated carbocycles. The van der Waals surface area contributed by atoms with Crippen LogP contribution in [0, 0.1) is 0 Å². The first-order valence-electron chi connectivity index (χ1n) is 5.89. The van der Waals surface area contributed by atoms with Crippen molar-refractivity contribution in [3.05, 3.63) is 35.2 Å². The van der Waals surface area contributed by atoms with Crippen LogP contribution in [0.15, 0.2) is 29.7 Å². The topological polar surface area (TPSA) is 81.7 Å². The summed E-state index contributed by atoms with van der Waals surface area (Å²) in [6, 6.07) is 4.25. The summed E-state index contributed by atoms with van der Waals surface area (Å²) >= 11 is 0. The van der Waals surface area contributed by atoms with Crippen molar-refractivity contribution in [3.63, 3.8) is 0 Å². The summed E-state index contributed by atoms with van der Waals surface area (Å²) in [5.74, 6) is 0.492. The molecule has 1 unspecified atom stereocenters. The molecule has 20 heavy (non-hydrogen) atoms. The molecule has 1 atom stereocenters. The van der Waals surface area contributed by atoms with Crippen LogP contribution in [0.4, 0.5) is 0 Å². The van der Waals surface area contributed by atoms with Gasteiger partial charge in [-0.25, -0.2) is 8.42 Å². The molecule has 1 aromatic carbocycles. The summed E-state index contributed by atoms with van der Waals surface area (Å²) in [6.45, 7) is 0. The molecule has 7 heteroatoms. The van der Waals surface area contributed by atoms with Crippen molar-refractivity contribution in [2.75, 3.05) is 20.0 Å². The van der Waals surface area contributed by atoms with Crippen molar-refractivity contribution in [1.29, 1.82) is 0 Å². The van der Waals surface area contributed by atoms with Crippen molar-refractivity contribution < 1.29 is 22.7 Å². The van der Waals surface area contributed by atoms with Gasteiger partial charge in [0.2, 0.25) is 0 Å². The van der Waals surface area contributed by atoms with E-state index in [1.54, 1.807) is 18.2 Å². The Labute approximate surface area is 117 Å². The van der Waals surface area contributed by atoms with Crippen LogP contribution in [0.1, 0.15) is 10.4 Å². The van der Waals surface area contributed by atoms with Gasteiger partial charge in [0.15, 0.2) is 21.3 Å². The van der Waals surface area contributed by atoms with Gasteiger partial charge in [0.25, 0.3) is 5.91 Å². The SMILES string of the molecule is COc1ccc(C(=O)NC2C=CS(=O)(=O)C2)cc1OC. The molecule has 0 saturated heterocycles. The second-order valence-corrected chi connectivity index (χ2v) is 6.24. The normalized spacial score (nSPS) is 19.6. The average Bonchev–Trinajstić information content (AvgIpc) is 2.76. The molecule has 108 valence electrons. The predicted octanol–water partition coefficient (Wildman–Crippen LogP) is 0.744. The fraction of sp³-hybridized carbons (Fsp3) is 0.308. The minimum Gasteiger partial charge on any atom is -0.493 e. The molecule has 0 aromatic heterocycles. The van der Waals surface area contributed by atoms with Crippen LogP contribution in [0.5, 0.6) is 11.5 Å². The number of hydrogen-bond acceptors (Lipinski definition) is 5. The monoisotopic (exact) mass is 297 g/mol. The maximum atomic E-state index is 12.0. The second-order valence-electron chi connectivity index (χ2n) is 4.31. The van der Waals surface area contributed by atoms with Crippen LogP contribution >= 0.6 is 0 Å². The van der Waals surface area contributed by atoms with E-state index < -0.39 is 15.9 Å². The van der Waals surface area contributed by atoms with Crippen LogP contribution in [0.25, 0.3) is 0 Å². The third kappa shape index (κ3) is 3.11. The maximum absolute atomic E-state index is 12.0. The predicted molar refractivity (Wildman–Crippen MR) is 73.7 cm³/mol. The van der Waals surface area contributed by atoms with Gasteiger partial charge in [-0.3, -0.25) is 4.79 Å². The zero-order valence-corrected chi connectivity index (χ0v) is 11.9. The number of nitrogens with one attached hydrogen (secondary N) is 1. The Balaban J connectivity index is 2.12. The first kappa shape index (κ1) is 14.4. The van der Waals surface area contributed by atoms with Gasteiger partial charge in [0.05, 0.1) is 26.0 Å². The van der Waals surface area contributed by atoms with Gasteiger partial charge in [0, 0.05) is 11.0 Å². The summed E-state index contributed by atoms with van der Waals surface area (Å²) in [7, 11) is -0.203. The third-order valence-corrected chi connectivity index (χ3v) is 4.29. The number of sulfone groups is 1. The summed E-state index contributed by atoms with van der Waals surface area (Å²) < 4.78 is 32.7. The molecular weight excluding hydrogens is 282 g/mol. The number of carbonyl (C=O) groups is 1. The van der Waals surface area contributed by atoms with Crippen LogP contribution in [-0.4, -0.2) is 40.3 Å². The van der Waals surface area contributed by atoms with Gasteiger partial charge in [-0.2, -0.15) is 0 Å². The molecule has 1 aliphatic rings. The Hall–Kier alpha value is -2.02. The Morgan fingerprint density at radius 1 is 1.25 bits per heavy atom. The molecule has 0 spiro atoms. The van der Waals surface area contributed by atoms with Crippen molar-refractivity contribution in [2.24, 2.45) is 0 Å². The highest BCUT2D eigenvalue weighted by Crippen LogP contribution is 2.27. The fourth-order valence-electron chi connectivity index (χ4n) is 1.89. The van der Waals surface area contributed by atoms with Crippen LogP contribution < -0.4 is 14.8 Å². The van der Waals surface area contributed by atoms with Crippen LogP contribution in [-0.2, 0) is 9.84 Å². The quantitative estimate of drug-likeness (QED) is 0.886. The highest BCUT2D eigenvalue weighted by atomic mass is 32.2. The van der Waals surface area contributed by atoms with Crippen molar-refractivity contribution in [3.8, 4) is 11.5 Å². The summed E-state index contributed by atoms with van der Waals surface area (Å²) in [4.78, 5) is 12.0. The molecule has 1 N–H and O–H groups in total. The van der Waals surface area contributed by atoms with E-state index in [4.69, 9.17) is 9.47 Å². The van der Waals surface area contributed by atoms with Gasteiger partial charge in [0.1, 0.15) is 0 Å². The van der Waals surface area contributed by atoms with E-state index in [9.17, 15) is 13.2 Å². The minimum absolute atomic E-state index is 0.105. The molecule has 1 aliphatic heterocycles. The first-order valence-corrected chi connectivity index (χ1v) is 7.60. The number of amides is 1. The number of benzene rings is 1. The van der Waals surface area contributed by atoms with Crippen molar-refractivity contribution in [2.45, 2.75) is 6.04 Å². The van der Waals surface area contributed by atoms with Crippen LogP contribution in [0.2, 0.25) is 0 Å². The van der Waals surface area contributed by atoms with Crippen LogP contribution in [0.3, 0.4) is 0 Å². The summed E-state index contributed by atoms with van der Waals surface area (Å²) in [5, 5.41) is 3.76. The third-order valence-electron chi connectivity index (χ3n) is 2.89. The number of carbonyl (C=O) groups excluding carboxylic acids is 1. The Kier molecular flexibility index (Phi) is 3.99. The lowest BCUT2D eigenvalue weighted by molar-refractivity contribution is 0.0947. The molecule has 2 rings (SSSR count). The van der Waals surface area contributed by atoms with E-state index in [0.29, 0.717) is 17.1 Å². The summed E-state index contributed by atoms with van der Waals surface area (Å²) in [5.41, 5.74) is 0.375. The Bertz CT molecular complexity index is 651. The lowest BCUT2D eigenvalue weighted by atomic mass is 10.1. The van der Waals surface area contributed by atoms with Crippen molar-refractivity contribution in [1.82, 2.24) is 5.32 Å². The molecular formula is C13H15NO5S. The number of ether oxygens (including phenoxy) is 2. The molecule has 0 aliphatic carbocycles. The van der Waals surface area contributed by atoms with Gasteiger partial charge in [-0.05, 0) is 24.3 Å². The van der Waals surface area contributed by atoms with E-state index in [0.717, 1.165) is 5.41 Å². The fourth-order valence-corrected chi connectivity index (χ4v) is 3.13. The van der Waals surface area contributed by atoms with Gasteiger partial charge in [-0.1, -0.05) is 0 Å². The second kappa shape index (κ2) is 5.54. The van der Waals surface area contributed by atoms with E-state index >= 15 is 0 Å². The highest BCUT2D eigenvalue weighted by molar-refractivity contribution is 7.94. The molecule has 0 fully saturated rings. The largest absolute Gasteiger partial charge is 0.493 e. The first-order chi connectivity index (χ1) is 9.45. The number of hydrogen-bond donors (Lipinski definition) is 1. The molecule has 1 amide bonds. The molecule has 1 heterocycles. The lowest BCUT2D eigenvalue weighted by Crippen LogP contribution is -2.35. The lowest BCUT2D eigenvalue weighted by Gasteiger charge is -2.12. The molecule has 0 radical (unpaired) electrons. The maximum Gasteiger partial charge on any atom is 0.251 e. The number of methoxy groups -OCH3 is 2. The van der Waals surface area contributed by atoms with E-state index in [2.05, 4.69) is 5.32 Å². The van der Waals surface area contributed by atoms with Crippen molar-refractivity contribution >= 4 is 15.7 Å². The minimum atomic E-state index is -3.19. The zero-order chi connectivity index (χ0) is 14.8. The Morgan fingerprint density at radius 3 is 2.50 bits per heavy atom. The van der Waals surface area contributed by atoms with E-state index in [1.807, 2.05) is 0 Å². The highest BCUT2D eigenvalue weighted by Gasteiger charge is 2.23. The number of rotatable bonds is 4. The van der Waals surface area contributed by atoms with Gasteiger partial charge >= 0.3 is 0 Å². The van der Waals surface area contributed by atoms with E-state index in [1.165, 1.54) is 20.3 Å². The Morgan fingerprint density at radius 2 is 1.95 bits per heavy atom. The zero-order valence-electron chi connectivity index (χ0n) is 11.1. The smallest absolute Gasteiger partial charge is 0.251 e. The molecule has 1 aromatic rings. The van der Waals surface area contributed by atoms with Gasteiger partial charge < -0.3 is 14.8 Å². The average molecular weight is 297 g/mol.